The van der Waals surface area contributed by atoms with E-state index in [0.717, 1.165) is 13.1 Å². The Morgan fingerprint density at radius 3 is 3.12 bits per heavy atom. The number of fused-ring (bicyclic) bond motifs is 2. The topological polar surface area (TPSA) is 68.4 Å². The van der Waals surface area contributed by atoms with Crippen LogP contribution in [0.1, 0.15) is 6.42 Å². The molecule has 1 amide bonds. The Hall–Kier alpha value is -0.340. The highest BCUT2D eigenvalue weighted by Crippen LogP contribution is 2.22. The number of piperidine rings is 1. The molecule has 6 nitrogen and oxygen atoms in total. The van der Waals surface area contributed by atoms with Crippen molar-refractivity contribution in [1.82, 2.24) is 26.4 Å². The summed E-state index contributed by atoms with van der Waals surface area (Å²) in [4.78, 5) is 11.3. The van der Waals surface area contributed by atoms with Crippen LogP contribution in [-0.4, -0.2) is 48.1 Å². The normalized spacial score (nSPS) is 43.7. The molecule has 90 valence electrons. The maximum Gasteiger partial charge on any atom is 0.221 e. The van der Waals surface area contributed by atoms with Crippen LogP contribution < -0.4 is 21.4 Å². The van der Waals surface area contributed by atoms with Gasteiger partial charge < -0.3 is 5.32 Å². The van der Waals surface area contributed by atoms with Crippen LogP contribution in [0, 0.1) is 5.92 Å². The van der Waals surface area contributed by atoms with Gasteiger partial charge in [-0.25, -0.2) is 10.4 Å². The lowest BCUT2D eigenvalue weighted by Crippen LogP contribution is -2.66. The molecule has 0 aromatic heterocycles. The van der Waals surface area contributed by atoms with E-state index in [-0.39, 0.29) is 17.7 Å². The van der Waals surface area contributed by atoms with E-state index in [2.05, 4.69) is 32.6 Å². The van der Waals surface area contributed by atoms with Crippen LogP contribution >= 0.6 is 11.8 Å². The van der Waals surface area contributed by atoms with Gasteiger partial charge in [0.15, 0.2) is 0 Å². The van der Waals surface area contributed by atoms with Crippen molar-refractivity contribution in [3.63, 3.8) is 0 Å². The summed E-state index contributed by atoms with van der Waals surface area (Å²) in [6, 6.07) is 0.310. The first-order chi connectivity index (χ1) is 7.76. The van der Waals surface area contributed by atoms with Gasteiger partial charge in [0.25, 0.3) is 0 Å². The van der Waals surface area contributed by atoms with Crippen molar-refractivity contribution in [2.24, 2.45) is 5.92 Å². The van der Waals surface area contributed by atoms with Crippen molar-refractivity contribution in [3.8, 4) is 0 Å². The lowest BCUT2D eigenvalue weighted by Gasteiger charge is -2.42. The first-order valence-corrected chi connectivity index (χ1v) is 6.89. The zero-order chi connectivity index (χ0) is 11.1. The van der Waals surface area contributed by atoms with Crippen LogP contribution in [0.4, 0.5) is 0 Å². The Labute approximate surface area is 98.9 Å². The summed E-state index contributed by atoms with van der Waals surface area (Å²) in [5.41, 5.74) is 3.66. The van der Waals surface area contributed by atoms with Gasteiger partial charge in [0, 0.05) is 31.5 Å². The quantitative estimate of drug-likeness (QED) is 0.446. The third-order valence-electron chi connectivity index (χ3n) is 3.48. The molecular formula is C9H17N5OS. The summed E-state index contributed by atoms with van der Waals surface area (Å²) in [6.45, 7) is 1.76. The zero-order valence-electron chi connectivity index (χ0n) is 9.19. The molecule has 0 radical (unpaired) electrons. The van der Waals surface area contributed by atoms with E-state index in [1.54, 1.807) is 11.8 Å². The highest BCUT2D eigenvalue weighted by molar-refractivity contribution is 7.99. The number of amides is 1. The summed E-state index contributed by atoms with van der Waals surface area (Å²) < 4.78 is 0. The van der Waals surface area contributed by atoms with Crippen molar-refractivity contribution < 1.29 is 4.79 Å². The highest BCUT2D eigenvalue weighted by Gasteiger charge is 2.42. The molecule has 0 saturated carbocycles. The van der Waals surface area contributed by atoms with Crippen LogP contribution in [0.25, 0.3) is 0 Å². The van der Waals surface area contributed by atoms with Gasteiger partial charge in [-0.15, -0.1) is 11.8 Å². The lowest BCUT2D eigenvalue weighted by molar-refractivity contribution is -0.125. The Morgan fingerprint density at radius 1 is 1.44 bits per heavy atom. The molecule has 0 aromatic carbocycles. The molecule has 16 heavy (non-hydrogen) atoms. The molecule has 7 heteroatoms. The zero-order valence-corrected chi connectivity index (χ0v) is 10.0. The van der Waals surface area contributed by atoms with Gasteiger partial charge in [0.2, 0.25) is 5.91 Å². The van der Waals surface area contributed by atoms with Crippen molar-refractivity contribution in [1.29, 1.82) is 0 Å². The molecule has 3 saturated heterocycles. The number of carbonyl (C=O) groups excluding carboxylic acids is 1. The fraction of sp³-hybridized carbons (Fsp3) is 0.889. The van der Waals surface area contributed by atoms with Gasteiger partial charge in [0.1, 0.15) is 11.8 Å². The lowest BCUT2D eigenvalue weighted by atomic mass is 9.91. The van der Waals surface area contributed by atoms with E-state index in [9.17, 15) is 4.79 Å². The number of nitrogens with one attached hydrogen (secondary N) is 4. The largest absolute Gasteiger partial charge is 0.356 e. The summed E-state index contributed by atoms with van der Waals surface area (Å²) in [5, 5.41) is 12.0. The Balaban J connectivity index is 1.68. The molecule has 3 rings (SSSR count). The van der Waals surface area contributed by atoms with Crippen molar-refractivity contribution in [2.75, 3.05) is 19.3 Å². The van der Waals surface area contributed by atoms with Gasteiger partial charge in [0.05, 0.1) is 0 Å². The van der Waals surface area contributed by atoms with Gasteiger partial charge in [-0.3, -0.25) is 15.4 Å². The molecule has 0 aromatic rings. The second kappa shape index (κ2) is 4.15. The number of carbonyl (C=O) groups is 1. The molecule has 3 aliphatic rings. The molecule has 4 atom stereocenters. The van der Waals surface area contributed by atoms with Crippen LogP contribution in [0.2, 0.25) is 0 Å². The predicted molar refractivity (Wildman–Crippen MR) is 62.1 cm³/mol. The second-order valence-electron chi connectivity index (χ2n) is 4.51. The number of thioether (sulfide) groups is 1. The summed E-state index contributed by atoms with van der Waals surface area (Å²) in [7, 11) is 0. The first-order valence-electron chi connectivity index (χ1n) is 5.60. The van der Waals surface area contributed by atoms with Gasteiger partial charge in [-0.05, 0) is 6.26 Å². The Bertz CT molecular complexity index is 302. The van der Waals surface area contributed by atoms with E-state index in [1.165, 1.54) is 0 Å². The minimum Gasteiger partial charge on any atom is -0.356 e. The number of hydrogen-bond donors (Lipinski definition) is 4. The second-order valence-corrected chi connectivity index (χ2v) is 5.45. The van der Waals surface area contributed by atoms with Crippen molar-refractivity contribution in [2.45, 2.75) is 24.3 Å². The summed E-state index contributed by atoms with van der Waals surface area (Å²) in [6.07, 6.45) is 2.83. The fourth-order valence-electron chi connectivity index (χ4n) is 2.58. The molecule has 3 fully saturated rings. The number of hydrogen-bond acceptors (Lipinski definition) is 6. The maximum atomic E-state index is 11.3. The summed E-state index contributed by atoms with van der Waals surface area (Å²) in [5.74, 6) is 0.665. The van der Waals surface area contributed by atoms with Gasteiger partial charge >= 0.3 is 0 Å². The van der Waals surface area contributed by atoms with E-state index in [4.69, 9.17) is 0 Å². The molecule has 0 bridgehead atoms. The molecule has 4 unspecified atom stereocenters. The maximum absolute atomic E-state index is 11.3. The monoisotopic (exact) mass is 243 g/mol. The number of rotatable bonds is 1. The van der Waals surface area contributed by atoms with E-state index in [0.29, 0.717) is 18.4 Å². The van der Waals surface area contributed by atoms with Gasteiger partial charge in [-0.1, -0.05) is 0 Å². The van der Waals surface area contributed by atoms with E-state index in [1.807, 2.05) is 0 Å². The molecular weight excluding hydrogens is 226 g/mol. The number of hydrazine groups is 1. The molecule has 3 heterocycles. The van der Waals surface area contributed by atoms with Crippen molar-refractivity contribution >= 4 is 17.7 Å². The minimum absolute atomic E-state index is 0.157. The SMILES string of the molecule is CSC1NC2NC3CC(=O)NCC3CN2N1. The minimum atomic E-state index is 0.157. The van der Waals surface area contributed by atoms with E-state index < -0.39 is 0 Å². The first kappa shape index (κ1) is 10.8. The molecule has 4 N–H and O–H groups in total. The standard InChI is InChI=1S/C9H17N5OS/c1-16-9-12-8-11-6-2-7(15)10-3-5(6)4-14(8)13-9/h5-6,8-9,11-13H,2-4H2,1H3,(H,10,15). The van der Waals surface area contributed by atoms with Crippen molar-refractivity contribution in [3.05, 3.63) is 0 Å². The van der Waals surface area contributed by atoms with Crippen LogP contribution in [0.15, 0.2) is 0 Å². The molecule has 3 aliphatic heterocycles. The smallest absolute Gasteiger partial charge is 0.221 e. The highest BCUT2D eigenvalue weighted by atomic mass is 32.2. The Morgan fingerprint density at radius 2 is 2.31 bits per heavy atom. The van der Waals surface area contributed by atoms with Crippen LogP contribution in [0.3, 0.4) is 0 Å². The van der Waals surface area contributed by atoms with Crippen LogP contribution in [-0.2, 0) is 4.79 Å². The third kappa shape index (κ3) is 1.82. The van der Waals surface area contributed by atoms with Crippen LogP contribution in [0.5, 0.6) is 0 Å². The van der Waals surface area contributed by atoms with Gasteiger partial charge in [-0.2, -0.15) is 0 Å². The average Bonchev–Trinajstić information content (AvgIpc) is 2.67. The molecule has 0 aliphatic carbocycles. The molecule has 0 spiro atoms. The Kier molecular flexibility index (Phi) is 2.80. The number of nitrogens with zero attached hydrogens (tertiary/aromatic N) is 1. The average molecular weight is 243 g/mol. The predicted octanol–water partition coefficient (Wildman–Crippen LogP) is -1.57. The fourth-order valence-corrected chi connectivity index (χ4v) is 3.09. The third-order valence-corrected chi connectivity index (χ3v) is 4.19. The van der Waals surface area contributed by atoms with E-state index >= 15 is 0 Å². The summed E-state index contributed by atoms with van der Waals surface area (Å²) >= 11 is 1.75.